The summed E-state index contributed by atoms with van der Waals surface area (Å²) in [4.78, 5) is 3.95. The molecule has 2 heterocycles. The van der Waals surface area contributed by atoms with Crippen molar-refractivity contribution in [1.29, 1.82) is 0 Å². The highest BCUT2D eigenvalue weighted by molar-refractivity contribution is 7.80. The van der Waals surface area contributed by atoms with Crippen LogP contribution >= 0.6 is 12.2 Å². The van der Waals surface area contributed by atoms with Crippen molar-refractivity contribution in [3.05, 3.63) is 53.5 Å². The molecule has 1 aromatic heterocycles. The van der Waals surface area contributed by atoms with Crippen molar-refractivity contribution >= 4 is 23.0 Å². The van der Waals surface area contributed by atoms with Crippen molar-refractivity contribution < 1.29 is 9.32 Å². The topological polar surface area (TPSA) is 32.9 Å². The smallest absolute Gasteiger partial charge is 0.173 e. The van der Waals surface area contributed by atoms with Gasteiger partial charge in [0.15, 0.2) is 5.11 Å². The lowest BCUT2D eigenvalue weighted by Gasteiger charge is -2.26. The number of benzene rings is 1. The number of quaternary nitrogens is 1. The number of furan rings is 1. The first-order valence-electron chi connectivity index (χ1n) is 9.61. The first kappa shape index (κ1) is 18.9. The molecule has 1 saturated heterocycles. The Morgan fingerprint density at radius 3 is 2.69 bits per heavy atom. The van der Waals surface area contributed by atoms with Crippen LogP contribution in [0.15, 0.2) is 41.0 Å². The zero-order chi connectivity index (χ0) is 18.4. The summed E-state index contributed by atoms with van der Waals surface area (Å²) in [6.45, 7) is 9.78. The lowest BCUT2D eigenvalue weighted by Crippen LogP contribution is -3.10. The van der Waals surface area contributed by atoms with Gasteiger partial charge in [0.2, 0.25) is 0 Å². The predicted octanol–water partition coefficient (Wildman–Crippen LogP) is 3.16. The number of hydrogen-bond donors (Lipinski definition) is 2. The Morgan fingerprint density at radius 1 is 1.19 bits per heavy atom. The largest absolute Gasteiger partial charge is 0.467 e. The normalized spacial score (nSPS) is 14.5. The summed E-state index contributed by atoms with van der Waals surface area (Å²) in [5.41, 5.74) is 3.61. The molecule has 0 saturated carbocycles. The molecule has 0 bridgehead atoms. The number of nitrogens with one attached hydrogen (secondary N) is 2. The van der Waals surface area contributed by atoms with Gasteiger partial charge in [0.25, 0.3) is 0 Å². The third kappa shape index (κ3) is 5.32. The lowest BCUT2D eigenvalue weighted by atomic mass is 10.1. The van der Waals surface area contributed by atoms with Crippen LogP contribution in [-0.2, 0) is 6.54 Å². The molecule has 0 amide bonds. The number of likely N-dealkylation sites (tertiary alicyclic amines) is 1. The minimum absolute atomic E-state index is 0.707. The van der Waals surface area contributed by atoms with Gasteiger partial charge in [0.05, 0.1) is 32.4 Å². The van der Waals surface area contributed by atoms with E-state index in [1.54, 1.807) is 11.2 Å². The fourth-order valence-corrected chi connectivity index (χ4v) is 3.78. The van der Waals surface area contributed by atoms with Gasteiger partial charge in [-0.15, -0.1) is 0 Å². The third-order valence-corrected chi connectivity index (χ3v) is 5.60. The molecular weight excluding hydrogens is 342 g/mol. The molecule has 0 unspecified atom stereocenters. The molecule has 1 aromatic carbocycles. The van der Waals surface area contributed by atoms with E-state index >= 15 is 0 Å². The number of hydrogen-bond acceptors (Lipinski definition) is 2. The van der Waals surface area contributed by atoms with Gasteiger partial charge >= 0.3 is 0 Å². The van der Waals surface area contributed by atoms with E-state index in [0.29, 0.717) is 6.54 Å². The molecule has 4 nitrogen and oxygen atoms in total. The van der Waals surface area contributed by atoms with Gasteiger partial charge < -0.3 is 19.5 Å². The molecule has 26 heavy (non-hydrogen) atoms. The Balaban J connectivity index is 1.60. The van der Waals surface area contributed by atoms with E-state index in [1.807, 2.05) is 12.1 Å². The van der Waals surface area contributed by atoms with E-state index in [2.05, 4.69) is 42.3 Å². The predicted molar refractivity (Wildman–Crippen MR) is 111 cm³/mol. The molecule has 5 heteroatoms. The van der Waals surface area contributed by atoms with Crippen molar-refractivity contribution in [2.45, 2.75) is 39.7 Å². The molecule has 3 rings (SSSR count). The van der Waals surface area contributed by atoms with Crippen LogP contribution in [0.2, 0.25) is 0 Å². The number of nitrogens with zero attached hydrogens (tertiary/aromatic N) is 1. The van der Waals surface area contributed by atoms with Crippen LogP contribution < -0.4 is 10.2 Å². The Morgan fingerprint density at radius 2 is 2.00 bits per heavy atom. The molecule has 1 aliphatic rings. The van der Waals surface area contributed by atoms with Gasteiger partial charge in [-0.25, -0.2) is 0 Å². The van der Waals surface area contributed by atoms with E-state index in [9.17, 15) is 0 Å². The molecule has 1 aliphatic heterocycles. The second kappa shape index (κ2) is 9.19. The number of thiocarbonyl (C=S) groups is 1. The summed E-state index contributed by atoms with van der Waals surface area (Å²) in [5.74, 6) is 0.947. The van der Waals surface area contributed by atoms with Crippen LogP contribution in [0, 0.1) is 13.8 Å². The summed E-state index contributed by atoms with van der Waals surface area (Å²) in [6.07, 6.45) is 5.61. The molecule has 0 aliphatic carbocycles. The summed E-state index contributed by atoms with van der Waals surface area (Å²) >= 11 is 5.72. The number of aryl methyl sites for hydroxylation is 2. The standard InChI is InChI=1S/C21H29N3OS/c1-17-8-9-19(15-18(17)2)22-21(26)24(16-20-7-5-14-25-20)13-6-12-23-10-3-4-11-23/h5,7-9,14-15H,3-4,6,10-13,16H2,1-2H3,(H,22,26)/p+1. The first-order valence-corrected chi connectivity index (χ1v) is 10.0. The van der Waals surface area contributed by atoms with Gasteiger partial charge in [-0.3, -0.25) is 0 Å². The van der Waals surface area contributed by atoms with Crippen molar-refractivity contribution in [2.75, 3.05) is 31.5 Å². The van der Waals surface area contributed by atoms with Crippen molar-refractivity contribution in [1.82, 2.24) is 4.90 Å². The summed E-state index contributed by atoms with van der Waals surface area (Å²) in [7, 11) is 0. The minimum atomic E-state index is 0.707. The van der Waals surface area contributed by atoms with Crippen molar-refractivity contribution in [3.63, 3.8) is 0 Å². The van der Waals surface area contributed by atoms with Crippen LogP contribution in [0.4, 0.5) is 5.69 Å². The van der Waals surface area contributed by atoms with Crippen molar-refractivity contribution in [3.8, 4) is 0 Å². The Bertz CT molecular complexity index is 708. The summed E-state index contributed by atoms with van der Waals surface area (Å²) in [5, 5.41) is 4.17. The van der Waals surface area contributed by atoms with E-state index in [4.69, 9.17) is 16.6 Å². The minimum Gasteiger partial charge on any atom is -0.467 e. The highest BCUT2D eigenvalue weighted by Gasteiger charge is 2.17. The SMILES string of the molecule is Cc1ccc(NC(=S)N(CCC[NH+]2CCCC2)Cc2ccco2)cc1C. The van der Waals surface area contributed by atoms with E-state index in [0.717, 1.165) is 29.5 Å². The highest BCUT2D eigenvalue weighted by Crippen LogP contribution is 2.16. The Labute approximate surface area is 162 Å². The van der Waals surface area contributed by atoms with Gasteiger partial charge in [-0.05, 0) is 61.5 Å². The molecule has 2 N–H and O–H groups in total. The maximum atomic E-state index is 5.72. The molecule has 2 aromatic rings. The number of rotatable bonds is 7. The van der Waals surface area contributed by atoms with Crippen LogP contribution in [0.5, 0.6) is 0 Å². The molecule has 0 radical (unpaired) electrons. The van der Waals surface area contributed by atoms with E-state index < -0.39 is 0 Å². The molecule has 1 fully saturated rings. The molecule has 0 atom stereocenters. The maximum Gasteiger partial charge on any atom is 0.173 e. The lowest BCUT2D eigenvalue weighted by molar-refractivity contribution is -0.887. The van der Waals surface area contributed by atoms with Crippen LogP contribution in [0.3, 0.4) is 0 Å². The highest BCUT2D eigenvalue weighted by atomic mass is 32.1. The van der Waals surface area contributed by atoms with Crippen LogP contribution in [0.25, 0.3) is 0 Å². The van der Waals surface area contributed by atoms with Crippen LogP contribution in [-0.4, -0.2) is 36.2 Å². The van der Waals surface area contributed by atoms with E-state index in [-0.39, 0.29) is 0 Å². The maximum absolute atomic E-state index is 5.72. The average Bonchev–Trinajstić information content (AvgIpc) is 3.31. The molecule has 140 valence electrons. The summed E-state index contributed by atoms with van der Waals surface area (Å²) < 4.78 is 5.54. The van der Waals surface area contributed by atoms with Gasteiger partial charge in [0, 0.05) is 31.5 Å². The fourth-order valence-electron chi connectivity index (χ4n) is 3.51. The Hall–Kier alpha value is -1.85. The second-order valence-corrected chi connectivity index (χ2v) is 7.68. The quantitative estimate of drug-likeness (QED) is 0.732. The second-order valence-electron chi connectivity index (χ2n) is 7.29. The monoisotopic (exact) mass is 372 g/mol. The Kier molecular flexibility index (Phi) is 6.69. The summed E-state index contributed by atoms with van der Waals surface area (Å²) in [6, 6.07) is 10.3. The first-order chi connectivity index (χ1) is 12.6. The molecular formula is C21H30N3OS+. The zero-order valence-corrected chi connectivity index (χ0v) is 16.7. The van der Waals surface area contributed by atoms with Gasteiger partial charge in [-0.2, -0.15) is 0 Å². The third-order valence-electron chi connectivity index (χ3n) is 5.24. The zero-order valence-electron chi connectivity index (χ0n) is 15.9. The molecule has 0 spiro atoms. The van der Waals surface area contributed by atoms with Crippen molar-refractivity contribution in [2.24, 2.45) is 0 Å². The number of anilines is 1. The average molecular weight is 373 g/mol. The van der Waals surface area contributed by atoms with Gasteiger partial charge in [0.1, 0.15) is 5.76 Å². The van der Waals surface area contributed by atoms with Gasteiger partial charge in [-0.1, -0.05) is 6.07 Å². The fraction of sp³-hybridized carbons (Fsp3) is 0.476. The van der Waals surface area contributed by atoms with E-state index in [1.165, 1.54) is 43.6 Å². The van der Waals surface area contributed by atoms with Crippen LogP contribution in [0.1, 0.15) is 36.1 Å².